The van der Waals surface area contributed by atoms with Crippen LogP contribution in [0.1, 0.15) is 18.1 Å². The van der Waals surface area contributed by atoms with Gasteiger partial charge in [-0.05, 0) is 56.2 Å². The van der Waals surface area contributed by atoms with E-state index >= 15 is 0 Å². The highest BCUT2D eigenvalue weighted by molar-refractivity contribution is 6.32. The van der Waals surface area contributed by atoms with Crippen LogP contribution in [0.15, 0.2) is 30.5 Å². The minimum Gasteiger partial charge on any atom is -0.352 e. The lowest BCUT2D eigenvalue weighted by atomic mass is 10.1. The molecule has 1 saturated heterocycles. The van der Waals surface area contributed by atoms with Crippen molar-refractivity contribution < 1.29 is 9.78 Å². The molecule has 4 rings (SSSR count). The Morgan fingerprint density at radius 2 is 2.11 bits per heavy atom. The standard InChI is InChI=1S/C20H23ClN6O/c1-12-9-16-17(10-13(12)2)24-19(23-16)25-20(28)27-8-7-26(11-14(27)3)18-15(21)5-4-6-22-18/h4-6,9-10,14H,7-8,11H2,1-3H3,(H2,23,24,25,28)/p+1/t14-/m0/s1. The molecule has 8 heteroatoms. The Bertz CT molecular complexity index is 994. The number of piperazine rings is 1. The van der Waals surface area contributed by atoms with Gasteiger partial charge in [-0.3, -0.25) is 0 Å². The van der Waals surface area contributed by atoms with Crippen LogP contribution in [0, 0.1) is 13.8 Å². The van der Waals surface area contributed by atoms with Gasteiger partial charge in [0.25, 0.3) is 0 Å². The number of hydrogen-bond acceptors (Lipinski definition) is 3. The first kappa shape index (κ1) is 18.6. The monoisotopic (exact) mass is 399 g/mol. The third kappa shape index (κ3) is 3.49. The third-order valence-electron chi connectivity index (χ3n) is 5.31. The van der Waals surface area contributed by atoms with E-state index in [2.05, 4.69) is 51.1 Å². The number of anilines is 2. The van der Waals surface area contributed by atoms with Crippen molar-refractivity contribution in [2.24, 2.45) is 0 Å². The van der Waals surface area contributed by atoms with E-state index in [1.54, 1.807) is 6.20 Å². The minimum absolute atomic E-state index is 0.0284. The summed E-state index contributed by atoms with van der Waals surface area (Å²) in [5.41, 5.74) is 4.36. The molecule has 1 atom stereocenters. The fourth-order valence-electron chi connectivity index (χ4n) is 3.63. The zero-order valence-electron chi connectivity index (χ0n) is 16.2. The number of nitrogens with zero attached hydrogens (tertiary/aromatic N) is 3. The summed E-state index contributed by atoms with van der Waals surface area (Å²) in [5, 5.41) is 3.58. The summed E-state index contributed by atoms with van der Waals surface area (Å²) >= 11 is 6.27. The number of carbonyl (C=O) groups is 1. The van der Waals surface area contributed by atoms with E-state index in [0.29, 0.717) is 30.6 Å². The average Bonchev–Trinajstić information content (AvgIpc) is 3.03. The summed E-state index contributed by atoms with van der Waals surface area (Å²) in [6.45, 7) is 8.14. The molecule has 1 fully saturated rings. The molecule has 3 N–H and O–H groups in total. The number of aromatic nitrogens is 3. The Hall–Kier alpha value is -2.80. The molecule has 0 spiro atoms. The molecule has 3 aromatic rings. The number of carbonyl (C=O) groups excluding carboxylic acids is 1. The minimum atomic E-state index is -0.129. The molecule has 1 aromatic carbocycles. The number of hydrogen-bond donors (Lipinski definition) is 2. The van der Waals surface area contributed by atoms with E-state index in [0.717, 1.165) is 16.9 Å². The smallest absolute Gasteiger partial charge is 0.352 e. The summed E-state index contributed by atoms with van der Waals surface area (Å²) in [7, 11) is 0. The number of nitrogens with one attached hydrogen (secondary N) is 3. The van der Waals surface area contributed by atoms with Gasteiger partial charge in [0.1, 0.15) is 16.9 Å². The van der Waals surface area contributed by atoms with Crippen LogP contribution in [0.25, 0.3) is 11.0 Å². The van der Waals surface area contributed by atoms with E-state index in [1.165, 1.54) is 11.1 Å². The second-order valence-electron chi connectivity index (χ2n) is 7.33. The molecule has 2 aromatic heterocycles. The summed E-state index contributed by atoms with van der Waals surface area (Å²) in [6.07, 6.45) is 1.74. The van der Waals surface area contributed by atoms with Crippen molar-refractivity contribution in [3.05, 3.63) is 46.6 Å². The normalized spacial score (nSPS) is 17.2. The van der Waals surface area contributed by atoms with Crippen LogP contribution in [-0.2, 0) is 0 Å². The molecular formula is C20H24ClN6O+. The average molecular weight is 400 g/mol. The Kier molecular flexibility index (Phi) is 4.85. The molecule has 28 heavy (non-hydrogen) atoms. The van der Waals surface area contributed by atoms with E-state index < -0.39 is 0 Å². The second-order valence-corrected chi connectivity index (χ2v) is 7.74. The van der Waals surface area contributed by atoms with Gasteiger partial charge in [-0.25, -0.2) is 19.7 Å². The maximum Gasteiger partial charge on any atom is 0.382 e. The first-order chi connectivity index (χ1) is 13.4. The first-order valence-corrected chi connectivity index (χ1v) is 9.75. The van der Waals surface area contributed by atoms with Gasteiger partial charge in [-0.2, -0.15) is 5.32 Å². The highest BCUT2D eigenvalue weighted by Gasteiger charge is 2.31. The van der Waals surface area contributed by atoms with Crippen molar-refractivity contribution in [2.45, 2.75) is 26.8 Å². The van der Waals surface area contributed by atoms with Crippen LogP contribution in [-0.4, -0.2) is 46.6 Å². The van der Waals surface area contributed by atoms with Crippen LogP contribution in [0.5, 0.6) is 0 Å². The lowest BCUT2D eigenvalue weighted by Gasteiger charge is -2.39. The highest BCUT2D eigenvalue weighted by atomic mass is 35.5. The third-order valence-corrected chi connectivity index (χ3v) is 5.61. The Labute approximate surface area is 168 Å². The van der Waals surface area contributed by atoms with E-state index in [9.17, 15) is 4.79 Å². The fraction of sp³-hybridized carbons (Fsp3) is 0.350. The number of halogens is 1. The Morgan fingerprint density at radius 1 is 1.32 bits per heavy atom. The number of rotatable bonds is 2. The molecule has 0 bridgehead atoms. The first-order valence-electron chi connectivity index (χ1n) is 9.37. The van der Waals surface area contributed by atoms with Crippen LogP contribution in [0.2, 0.25) is 5.02 Å². The van der Waals surface area contributed by atoms with Crippen molar-refractivity contribution in [3.63, 3.8) is 0 Å². The summed E-state index contributed by atoms with van der Waals surface area (Å²) in [5.74, 6) is 1.36. The van der Waals surface area contributed by atoms with Crippen molar-refractivity contribution in [1.29, 1.82) is 0 Å². The topological polar surface area (TPSA) is 78.4 Å². The lowest BCUT2D eigenvalue weighted by Crippen LogP contribution is -2.55. The van der Waals surface area contributed by atoms with E-state index in [4.69, 9.17) is 11.6 Å². The van der Waals surface area contributed by atoms with Crippen LogP contribution >= 0.6 is 11.6 Å². The maximum atomic E-state index is 12.8. The SMILES string of the molecule is Cc1cc2[nH]c(NC(=O)N3CCN(c4ncccc4Cl)C[C@@H]3C)[nH+]c2cc1C. The number of pyridine rings is 1. The Balaban J connectivity index is 1.45. The number of urea groups is 1. The summed E-state index contributed by atoms with van der Waals surface area (Å²) in [6, 6.07) is 7.71. The molecule has 0 unspecified atom stereocenters. The molecule has 0 saturated carbocycles. The van der Waals surface area contributed by atoms with Gasteiger partial charge in [0.05, 0.1) is 5.02 Å². The van der Waals surface area contributed by atoms with Crippen molar-refractivity contribution in [1.82, 2.24) is 14.9 Å². The fourth-order valence-corrected chi connectivity index (χ4v) is 3.87. The van der Waals surface area contributed by atoms with Gasteiger partial charge in [-0.1, -0.05) is 11.6 Å². The molecule has 0 aliphatic carbocycles. The van der Waals surface area contributed by atoms with Crippen molar-refractivity contribution in [3.8, 4) is 0 Å². The molecule has 1 aliphatic rings. The van der Waals surface area contributed by atoms with Gasteiger partial charge in [0.2, 0.25) is 0 Å². The van der Waals surface area contributed by atoms with Gasteiger partial charge < -0.3 is 9.80 Å². The molecule has 3 heterocycles. The molecule has 2 amide bonds. The second kappa shape index (κ2) is 7.31. The summed E-state index contributed by atoms with van der Waals surface area (Å²) < 4.78 is 0. The summed E-state index contributed by atoms with van der Waals surface area (Å²) in [4.78, 5) is 27.6. The number of H-pyrrole nitrogens is 2. The van der Waals surface area contributed by atoms with Crippen molar-refractivity contribution >= 4 is 40.4 Å². The molecule has 146 valence electrons. The maximum absolute atomic E-state index is 12.8. The largest absolute Gasteiger partial charge is 0.382 e. The zero-order valence-corrected chi connectivity index (χ0v) is 17.0. The van der Waals surface area contributed by atoms with Gasteiger partial charge in [0.15, 0.2) is 0 Å². The number of fused-ring (bicyclic) bond motifs is 1. The number of imidazole rings is 1. The number of benzene rings is 1. The Morgan fingerprint density at radius 3 is 2.86 bits per heavy atom. The predicted molar refractivity (Wildman–Crippen MR) is 111 cm³/mol. The number of amides is 2. The zero-order chi connectivity index (χ0) is 19.8. The predicted octanol–water partition coefficient (Wildman–Crippen LogP) is 3.39. The van der Waals surface area contributed by atoms with Gasteiger partial charge >= 0.3 is 12.0 Å². The van der Waals surface area contributed by atoms with E-state index in [1.807, 2.05) is 24.0 Å². The molecule has 7 nitrogen and oxygen atoms in total. The molecule has 0 radical (unpaired) electrons. The van der Waals surface area contributed by atoms with Crippen LogP contribution in [0.4, 0.5) is 16.6 Å². The molecular weight excluding hydrogens is 376 g/mol. The lowest BCUT2D eigenvalue weighted by molar-refractivity contribution is -0.326. The van der Waals surface area contributed by atoms with Gasteiger partial charge in [0, 0.05) is 31.9 Å². The van der Waals surface area contributed by atoms with Gasteiger partial charge in [-0.15, -0.1) is 0 Å². The molecule has 1 aliphatic heterocycles. The van der Waals surface area contributed by atoms with E-state index in [-0.39, 0.29) is 12.1 Å². The van der Waals surface area contributed by atoms with Crippen LogP contribution in [0.3, 0.4) is 0 Å². The highest BCUT2D eigenvalue weighted by Crippen LogP contribution is 2.25. The number of aryl methyl sites for hydroxylation is 2. The quantitative estimate of drug-likeness (QED) is 0.693. The van der Waals surface area contributed by atoms with Crippen LogP contribution < -0.4 is 15.2 Å². The number of aromatic amines is 2. The van der Waals surface area contributed by atoms with Crippen molar-refractivity contribution in [2.75, 3.05) is 29.9 Å².